The summed E-state index contributed by atoms with van der Waals surface area (Å²) < 4.78 is 5.48. The zero-order valence-electron chi connectivity index (χ0n) is 12.2. The van der Waals surface area contributed by atoms with Crippen molar-refractivity contribution in [3.8, 4) is 11.5 Å². The van der Waals surface area contributed by atoms with Gasteiger partial charge in [0.25, 0.3) is 5.91 Å². The van der Waals surface area contributed by atoms with E-state index in [4.69, 9.17) is 9.52 Å². The van der Waals surface area contributed by atoms with E-state index in [9.17, 15) is 9.59 Å². The quantitative estimate of drug-likeness (QED) is 0.902. The summed E-state index contributed by atoms with van der Waals surface area (Å²) in [6.07, 6.45) is 1.30. The van der Waals surface area contributed by atoms with Gasteiger partial charge >= 0.3 is 5.97 Å². The van der Waals surface area contributed by atoms with Gasteiger partial charge in [0.05, 0.1) is 5.92 Å². The number of H-pyrrole nitrogens is 1. The number of amides is 1. The van der Waals surface area contributed by atoms with Gasteiger partial charge in [-0.25, -0.2) is 0 Å². The number of nitrogens with one attached hydrogen (secondary N) is 1. The first-order valence-electron chi connectivity index (χ1n) is 7.19. The molecule has 2 aromatic rings. The first-order chi connectivity index (χ1) is 10.5. The van der Waals surface area contributed by atoms with E-state index in [-0.39, 0.29) is 18.1 Å². The molecule has 0 aliphatic carbocycles. The van der Waals surface area contributed by atoms with Gasteiger partial charge in [-0.05, 0) is 31.9 Å². The van der Waals surface area contributed by atoms with Crippen LogP contribution < -0.4 is 0 Å². The Hall–Kier alpha value is -2.57. The topological polar surface area (TPSA) is 99.4 Å². The van der Waals surface area contributed by atoms with E-state index in [0.29, 0.717) is 30.8 Å². The van der Waals surface area contributed by atoms with Gasteiger partial charge in [-0.3, -0.25) is 14.7 Å². The minimum Gasteiger partial charge on any atom is -0.481 e. The third kappa shape index (κ3) is 2.74. The number of aromatic nitrogens is 2. The summed E-state index contributed by atoms with van der Waals surface area (Å²) in [6.45, 7) is 2.63. The summed E-state index contributed by atoms with van der Waals surface area (Å²) in [5.74, 6) is -0.212. The number of carbonyl (C=O) groups is 2. The summed E-state index contributed by atoms with van der Waals surface area (Å²) in [5, 5.41) is 15.9. The molecule has 0 saturated carbocycles. The molecular weight excluding hydrogens is 286 g/mol. The Morgan fingerprint density at radius 1 is 1.45 bits per heavy atom. The van der Waals surface area contributed by atoms with E-state index in [0.717, 1.165) is 5.76 Å². The van der Waals surface area contributed by atoms with Gasteiger partial charge in [0, 0.05) is 19.2 Å². The minimum absolute atomic E-state index is 0.232. The molecule has 3 heterocycles. The molecule has 2 N–H and O–H groups in total. The van der Waals surface area contributed by atoms with Crippen molar-refractivity contribution in [2.45, 2.75) is 19.8 Å². The van der Waals surface area contributed by atoms with Crippen LogP contribution in [-0.2, 0) is 4.79 Å². The summed E-state index contributed by atoms with van der Waals surface area (Å²) in [6, 6.07) is 5.27. The fourth-order valence-corrected chi connectivity index (χ4v) is 2.66. The Kier molecular flexibility index (Phi) is 3.70. The number of hydrogen-bond acceptors (Lipinski definition) is 4. The van der Waals surface area contributed by atoms with Crippen LogP contribution in [0.4, 0.5) is 0 Å². The third-order valence-corrected chi connectivity index (χ3v) is 3.86. The van der Waals surface area contributed by atoms with Crippen LogP contribution in [0.3, 0.4) is 0 Å². The Balaban J connectivity index is 1.75. The molecular formula is C15H17N3O4. The van der Waals surface area contributed by atoms with Gasteiger partial charge in [-0.2, -0.15) is 5.10 Å². The summed E-state index contributed by atoms with van der Waals surface area (Å²) in [4.78, 5) is 25.1. The van der Waals surface area contributed by atoms with Crippen LogP contribution >= 0.6 is 0 Å². The predicted molar refractivity (Wildman–Crippen MR) is 77.3 cm³/mol. The van der Waals surface area contributed by atoms with Gasteiger partial charge in [-0.15, -0.1) is 0 Å². The number of carboxylic acids is 1. The highest BCUT2D eigenvalue weighted by molar-refractivity contribution is 5.93. The lowest BCUT2D eigenvalue weighted by Gasteiger charge is -2.30. The van der Waals surface area contributed by atoms with E-state index in [1.807, 2.05) is 13.0 Å². The van der Waals surface area contributed by atoms with Crippen LogP contribution in [-0.4, -0.2) is 45.2 Å². The van der Waals surface area contributed by atoms with Gasteiger partial charge in [0.15, 0.2) is 11.5 Å². The molecule has 1 atom stereocenters. The number of piperidine rings is 1. The molecule has 1 saturated heterocycles. The van der Waals surface area contributed by atoms with Crippen molar-refractivity contribution in [2.24, 2.45) is 5.92 Å². The molecule has 116 valence electrons. The van der Waals surface area contributed by atoms with E-state index in [1.54, 1.807) is 17.0 Å². The zero-order chi connectivity index (χ0) is 15.7. The maximum Gasteiger partial charge on any atom is 0.308 e. The number of likely N-dealkylation sites (tertiary alicyclic amines) is 1. The molecule has 1 aliphatic heterocycles. The number of rotatable bonds is 3. The highest BCUT2D eigenvalue weighted by Gasteiger charge is 2.29. The molecule has 0 unspecified atom stereocenters. The van der Waals surface area contributed by atoms with Crippen molar-refractivity contribution in [1.82, 2.24) is 15.1 Å². The highest BCUT2D eigenvalue weighted by atomic mass is 16.4. The SMILES string of the molecule is Cc1ccc(-c2cc(C(=O)N3CCC[C@@H](C(=O)O)C3)n[nH]2)o1. The number of hydrogen-bond donors (Lipinski definition) is 2. The van der Waals surface area contributed by atoms with Crippen LogP contribution in [0.15, 0.2) is 22.6 Å². The standard InChI is InChI=1S/C15H17N3O4/c1-9-4-5-13(22-9)11-7-12(17-16-11)14(19)18-6-2-3-10(8-18)15(20)21/h4-5,7,10H,2-3,6,8H2,1H3,(H,16,17)(H,20,21)/t10-/m1/s1. The largest absolute Gasteiger partial charge is 0.481 e. The number of nitrogens with zero attached hydrogens (tertiary/aromatic N) is 2. The predicted octanol–water partition coefficient (Wildman–Crippen LogP) is 1.91. The van der Waals surface area contributed by atoms with Crippen molar-refractivity contribution in [1.29, 1.82) is 0 Å². The molecule has 0 aromatic carbocycles. The molecule has 2 aromatic heterocycles. The van der Waals surface area contributed by atoms with Crippen LogP contribution in [0, 0.1) is 12.8 Å². The average molecular weight is 303 g/mol. The van der Waals surface area contributed by atoms with Crippen LogP contribution in [0.1, 0.15) is 29.1 Å². The fourth-order valence-electron chi connectivity index (χ4n) is 2.66. The van der Waals surface area contributed by atoms with Gasteiger partial charge in [0.1, 0.15) is 11.5 Å². The highest BCUT2D eigenvalue weighted by Crippen LogP contribution is 2.22. The van der Waals surface area contributed by atoms with Crippen LogP contribution in [0.25, 0.3) is 11.5 Å². The summed E-state index contributed by atoms with van der Waals surface area (Å²) in [7, 11) is 0. The third-order valence-electron chi connectivity index (χ3n) is 3.86. The Morgan fingerprint density at radius 3 is 2.95 bits per heavy atom. The molecule has 0 bridgehead atoms. The number of aryl methyl sites for hydroxylation is 1. The first-order valence-corrected chi connectivity index (χ1v) is 7.19. The van der Waals surface area contributed by atoms with E-state index < -0.39 is 11.9 Å². The number of furan rings is 1. The van der Waals surface area contributed by atoms with Crippen molar-refractivity contribution in [3.63, 3.8) is 0 Å². The van der Waals surface area contributed by atoms with Crippen molar-refractivity contribution < 1.29 is 19.1 Å². The second-order valence-corrected chi connectivity index (χ2v) is 5.51. The Bertz CT molecular complexity index is 703. The molecule has 7 heteroatoms. The second-order valence-electron chi connectivity index (χ2n) is 5.51. The van der Waals surface area contributed by atoms with E-state index >= 15 is 0 Å². The van der Waals surface area contributed by atoms with Gasteiger partial charge < -0.3 is 14.4 Å². The summed E-state index contributed by atoms with van der Waals surface area (Å²) >= 11 is 0. The molecule has 1 aliphatic rings. The average Bonchev–Trinajstić information content (AvgIpc) is 3.15. The number of carboxylic acid groups (broad SMARTS) is 1. The van der Waals surface area contributed by atoms with Crippen LogP contribution in [0.2, 0.25) is 0 Å². The fraction of sp³-hybridized carbons (Fsp3) is 0.400. The molecule has 22 heavy (non-hydrogen) atoms. The van der Waals surface area contributed by atoms with Crippen molar-refractivity contribution in [2.75, 3.05) is 13.1 Å². The molecule has 1 fully saturated rings. The van der Waals surface area contributed by atoms with Crippen molar-refractivity contribution in [3.05, 3.63) is 29.7 Å². The Morgan fingerprint density at radius 2 is 2.27 bits per heavy atom. The van der Waals surface area contributed by atoms with Gasteiger partial charge in [0.2, 0.25) is 0 Å². The van der Waals surface area contributed by atoms with Crippen molar-refractivity contribution >= 4 is 11.9 Å². The molecule has 0 radical (unpaired) electrons. The number of aromatic amines is 1. The monoisotopic (exact) mass is 303 g/mol. The molecule has 1 amide bonds. The number of carbonyl (C=O) groups excluding carboxylic acids is 1. The number of aliphatic carboxylic acids is 1. The van der Waals surface area contributed by atoms with E-state index in [1.165, 1.54) is 0 Å². The second kappa shape index (κ2) is 5.67. The lowest BCUT2D eigenvalue weighted by atomic mass is 9.98. The maximum absolute atomic E-state index is 12.4. The molecule has 0 spiro atoms. The smallest absolute Gasteiger partial charge is 0.308 e. The molecule has 3 rings (SSSR count). The molecule has 7 nitrogen and oxygen atoms in total. The zero-order valence-corrected chi connectivity index (χ0v) is 12.2. The Labute approximate surface area is 126 Å². The van der Waals surface area contributed by atoms with Crippen LogP contribution in [0.5, 0.6) is 0 Å². The lowest BCUT2D eigenvalue weighted by molar-refractivity contribution is -0.143. The first kappa shape index (κ1) is 14.4. The maximum atomic E-state index is 12.4. The minimum atomic E-state index is -0.855. The summed E-state index contributed by atoms with van der Waals surface area (Å²) in [5.41, 5.74) is 0.901. The van der Waals surface area contributed by atoms with E-state index in [2.05, 4.69) is 10.2 Å². The van der Waals surface area contributed by atoms with Gasteiger partial charge in [-0.1, -0.05) is 0 Å². The normalized spacial score (nSPS) is 18.4. The lowest BCUT2D eigenvalue weighted by Crippen LogP contribution is -2.42.